The molecule has 0 amide bonds. The van der Waals surface area contributed by atoms with Gasteiger partial charge >= 0.3 is 0 Å². The zero-order valence-electron chi connectivity index (χ0n) is 6.97. The van der Waals surface area contributed by atoms with Gasteiger partial charge in [0.15, 0.2) is 5.17 Å². The number of nitrogens with zero attached hydrogens (tertiary/aromatic N) is 2. The van der Waals surface area contributed by atoms with Crippen LogP contribution in [0.1, 0.15) is 13.4 Å². The lowest BCUT2D eigenvalue weighted by molar-refractivity contribution is 0.750. The third kappa shape index (κ3) is 0.920. The maximum Gasteiger partial charge on any atom is 0.155 e. The topological polar surface area (TPSA) is 51.3 Å². The van der Waals surface area contributed by atoms with Gasteiger partial charge in [0.2, 0.25) is 0 Å². The SMILES string of the molecule is NC1=NC2(c3cccnc3)CC2S1.[HH]. The van der Waals surface area contributed by atoms with Gasteiger partial charge in [0.25, 0.3) is 0 Å². The third-order valence-electron chi connectivity index (χ3n) is 2.60. The highest BCUT2D eigenvalue weighted by Gasteiger charge is 2.60. The van der Waals surface area contributed by atoms with Gasteiger partial charge in [-0.1, -0.05) is 17.8 Å². The van der Waals surface area contributed by atoms with Gasteiger partial charge in [-0.25, -0.2) is 4.99 Å². The van der Waals surface area contributed by atoms with E-state index in [0.29, 0.717) is 5.25 Å². The van der Waals surface area contributed by atoms with E-state index in [9.17, 15) is 0 Å². The monoisotopic (exact) mass is 193 g/mol. The third-order valence-corrected chi connectivity index (χ3v) is 3.78. The second kappa shape index (κ2) is 2.26. The molecule has 1 aromatic heterocycles. The molecule has 0 spiro atoms. The van der Waals surface area contributed by atoms with Gasteiger partial charge < -0.3 is 5.73 Å². The molecule has 1 saturated carbocycles. The van der Waals surface area contributed by atoms with Crippen molar-refractivity contribution in [3.05, 3.63) is 30.1 Å². The van der Waals surface area contributed by atoms with Gasteiger partial charge in [0.05, 0.1) is 0 Å². The molecule has 68 valence electrons. The first-order valence-electron chi connectivity index (χ1n) is 4.24. The van der Waals surface area contributed by atoms with Crippen LogP contribution in [0.3, 0.4) is 0 Å². The maximum atomic E-state index is 5.67. The lowest BCUT2D eigenvalue weighted by atomic mass is 10.1. The number of nitrogens with two attached hydrogens (primary N) is 1. The van der Waals surface area contributed by atoms with Crippen LogP contribution < -0.4 is 5.73 Å². The van der Waals surface area contributed by atoms with Crippen LogP contribution in [0.4, 0.5) is 0 Å². The highest BCUT2D eigenvalue weighted by molar-refractivity contribution is 8.15. The molecule has 0 radical (unpaired) electrons. The number of thioether (sulfide) groups is 1. The van der Waals surface area contributed by atoms with Crippen molar-refractivity contribution in [2.24, 2.45) is 10.7 Å². The molecule has 3 nitrogen and oxygen atoms in total. The molecule has 2 aliphatic rings. The quantitative estimate of drug-likeness (QED) is 0.732. The lowest BCUT2D eigenvalue weighted by Crippen LogP contribution is -2.07. The van der Waals surface area contributed by atoms with Crippen molar-refractivity contribution < 1.29 is 1.43 Å². The predicted molar refractivity (Wildman–Crippen MR) is 55.6 cm³/mol. The molecule has 4 heteroatoms. The summed E-state index contributed by atoms with van der Waals surface area (Å²) in [4.78, 5) is 8.59. The van der Waals surface area contributed by atoms with E-state index in [1.165, 1.54) is 5.56 Å². The fraction of sp³-hybridized carbons (Fsp3) is 0.333. The molecule has 1 aliphatic carbocycles. The Morgan fingerprint density at radius 1 is 1.69 bits per heavy atom. The molecule has 1 fully saturated rings. The zero-order valence-corrected chi connectivity index (χ0v) is 7.79. The molecule has 2 atom stereocenters. The van der Waals surface area contributed by atoms with Crippen molar-refractivity contribution in [2.45, 2.75) is 17.2 Å². The van der Waals surface area contributed by atoms with Crippen LogP contribution in [0.2, 0.25) is 0 Å². The summed E-state index contributed by atoms with van der Waals surface area (Å²) in [6.45, 7) is 0. The smallest absolute Gasteiger partial charge is 0.155 e. The summed E-state index contributed by atoms with van der Waals surface area (Å²) in [6.07, 6.45) is 4.79. The van der Waals surface area contributed by atoms with Gasteiger partial charge in [-0.2, -0.15) is 0 Å². The van der Waals surface area contributed by atoms with Gasteiger partial charge in [-0.3, -0.25) is 4.98 Å². The first kappa shape index (κ1) is 7.38. The summed E-state index contributed by atoms with van der Waals surface area (Å²) < 4.78 is 0. The van der Waals surface area contributed by atoms with Crippen LogP contribution in [0.5, 0.6) is 0 Å². The Balaban J connectivity index is 0.000000750. The summed E-state index contributed by atoms with van der Waals surface area (Å²) in [5.74, 6) is 0. The van der Waals surface area contributed by atoms with E-state index in [1.807, 2.05) is 12.3 Å². The lowest BCUT2D eigenvalue weighted by Gasteiger charge is -2.06. The van der Waals surface area contributed by atoms with Crippen molar-refractivity contribution >= 4 is 16.9 Å². The van der Waals surface area contributed by atoms with Crippen LogP contribution >= 0.6 is 11.8 Å². The largest absolute Gasteiger partial charge is 0.379 e. The van der Waals surface area contributed by atoms with Crippen LogP contribution in [-0.4, -0.2) is 15.4 Å². The summed E-state index contributed by atoms with van der Waals surface area (Å²) in [5.41, 5.74) is 6.86. The molecular formula is C9H11N3S. The molecule has 0 aromatic carbocycles. The first-order valence-corrected chi connectivity index (χ1v) is 5.12. The minimum absolute atomic E-state index is 0. The number of fused-ring (bicyclic) bond motifs is 1. The maximum absolute atomic E-state index is 5.67. The van der Waals surface area contributed by atoms with Crippen molar-refractivity contribution in [3.8, 4) is 0 Å². The molecule has 2 N–H and O–H groups in total. The van der Waals surface area contributed by atoms with Gasteiger partial charge in [-0.15, -0.1) is 0 Å². The minimum atomic E-state index is -0.0109. The number of rotatable bonds is 1. The summed E-state index contributed by atoms with van der Waals surface area (Å²) in [7, 11) is 0. The summed E-state index contributed by atoms with van der Waals surface area (Å²) in [5, 5.41) is 1.29. The molecule has 2 heterocycles. The minimum Gasteiger partial charge on any atom is -0.379 e. The molecule has 2 unspecified atom stereocenters. The normalized spacial score (nSPS) is 35.4. The average molecular weight is 193 g/mol. The predicted octanol–water partition coefficient (Wildman–Crippen LogP) is 1.36. The second-order valence-electron chi connectivity index (χ2n) is 3.43. The molecule has 0 bridgehead atoms. The van der Waals surface area contributed by atoms with E-state index in [-0.39, 0.29) is 6.97 Å². The standard InChI is InChI=1S/C9H9N3S.H2/c10-8-12-9(4-7(9)13-8)6-2-1-3-11-5-6;/h1-3,5,7H,4H2,(H2,10,12);1H. The fourth-order valence-electron chi connectivity index (χ4n) is 1.84. The molecule has 1 aliphatic heterocycles. The van der Waals surface area contributed by atoms with Gasteiger partial charge in [0.1, 0.15) is 5.54 Å². The number of aliphatic imine (C=N–C) groups is 1. The molecule has 1 aromatic rings. The van der Waals surface area contributed by atoms with E-state index in [0.717, 1.165) is 11.6 Å². The Morgan fingerprint density at radius 3 is 3.23 bits per heavy atom. The van der Waals surface area contributed by atoms with Crippen LogP contribution in [0.15, 0.2) is 29.5 Å². The number of aromatic nitrogens is 1. The Kier molecular flexibility index (Phi) is 1.28. The number of hydrogen-bond donors (Lipinski definition) is 1. The highest BCUT2D eigenvalue weighted by Crippen LogP contribution is 2.60. The molecule has 0 saturated heterocycles. The number of pyridine rings is 1. The summed E-state index contributed by atoms with van der Waals surface area (Å²) >= 11 is 1.69. The molecule has 3 rings (SSSR count). The van der Waals surface area contributed by atoms with Gasteiger partial charge in [0, 0.05) is 19.1 Å². The van der Waals surface area contributed by atoms with Gasteiger partial charge in [-0.05, 0) is 18.1 Å². The van der Waals surface area contributed by atoms with Crippen LogP contribution in [0, 0.1) is 0 Å². The number of amidine groups is 1. The van der Waals surface area contributed by atoms with Crippen molar-refractivity contribution in [3.63, 3.8) is 0 Å². The van der Waals surface area contributed by atoms with E-state index < -0.39 is 0 Å². The Hall–Kier alpha value is -1.03. The van der Waals surface area contributed by atoms with Crippen molar-refractivity contribution in [1.29, 1.82) is 0 Å². The number of hydrogen-bond acceptors (Lipinski definition) is 4. The summed E-state index contributed by atoms with van der Waals surface area (Å²) in [6, 6.07) is 4.03. The van der Waals surface area contributed by atoms with Crippen LogP contribution in [0.25, 0.3) is 0 Å². The molecule has 13 heavy (non-hydrogen) atoms. The van der Waals surface area contributed by atoms with E-state index in [2.05, 4.69) is 16.0 Å². The van der Waals surface area contributed by atoms with Crippen molar-refractivity contribution in [2.75, 3.05) is 0 Å². The Morgan fingerprint density at radius 2 is 2.62 bits per heavy atom. The Labute approximate surface area is 81.9 Å². The van der Waals surface area contributed by atoms with E-state index in [4.69, 9.17) is 5.73 Å². The van der Waals surface area contributed by atoms with Crippen molar-refractivity contribution in [1.82, 2.24) is 4.98 Å². The van der Waals surface area contributed by atoms with E-state index >= 15 is 0 Å². The Bertz CT molecular complexity index is 381. The zero-order chi connectivity index (χ0) is 8.89. The first-order chi connectivity index (χ1) is 6.31. The van der Waals surface area contributed by atoms with E-state index in [1.54, 1.807) is 18.0 Å². The highest BCUT2D eigenvalue weighted by atomic mass is 32.2. The molecular weight excluding hydrogens is 182 g/mol. The second-order valence-corrected chi connectivity index (χ2v) is 4.65. The fourth-order valence-corrected chi connectivity index (χ4v) is 3.06. The van der Waals surface area contributed by atoms with Crippen LogP contribution in [-0.2, 0) is 5.54 Å². The average Bonchev–Trinajstić information content (AvgIpc) is 2.72.